The van der Waals surface area contributed by atoms with Gasteiger partial charge in [0, 0.05) is 0 Å². The van der Waals surface area contributed by atoms with E-state index in [-0.39, 0.29) is 17.9 Å². The van der Waals surface area contributed by atoms with E-state index in [2.05, 4.69) is 0 Å². The average Bonchev–Trinajstić information content (AvgIpc) is 2.61. The molecule has 100 valence electrons. The molecule has 0 fully saturated rings. The molecule has 1 atom stereocenters. The van der Waals surface area contributed by atoms with Gasteiger partial charge < -0.3 is 4.74 Å². The summed E-state index contributed by atoms with van der Waals surface area (Å²) >= 11 is 0. The molecular weight excluding hydrogens is 253 g/mol. The highest BCUT2D eigenvalue weighted by molar-refractivity contribution is 6.52. The molecule has 19 heavy (non-hydrogen) atoms. The number of ether oxygens (including phenoxy) is 1. The Morgan fingerprint density at radius 1 is 1.42 bits per heavy atom. The maximum atomic E-state index is 13.2. The van der Waals surface area contributed by atoms with Crippen molar-refractivity contribution in [1.29, 1.82) is 0 Å². The van der Waals surface area contributed by atoms with Crippen molar-refractivity contribution in [1.82, 2.24) is 0 Å². The zero-order chi connectivity index (χ0) is 14.2. The Labute approximate surface area is 109 Å². The molecular formula is C13H12FNO4. The molecule has 1 amide bonds. The molecule has 0 N–H and O–H groups in total. The van der Waals surface area contributed by atoms with Gasteiger partial charge in [0.25, 0.3) is 11.7 Å². The lowest BCUT2D eigenvalue weighted by molar-refractivity contribution is -0.145. The van der Waals surface area contributed by atoms with Gasteiger partial charge in [0.05, 0.1) is 17.9 Å². The lowest BCUT2D eigenvalue weighted by Gasteiger charge is -2.22. The number of anilines is 1. The fraction of sp³-hybridized carbons (Fsp3) is 0.308. The van der Waals surface area contributed by atoms with Gasteiger partial charge in [-0.1, -0.05) is 0 Å². The first-order chi connectivity index (χ1) is 8.97. The first-order valence-electron chi connectivity index (χ1n) is 5.81. The highest BCUT2D eigenvalue weighted by atomic mass is 19.1. The molecule has 5 nitrogen and oxygen atoms in total. The molecule has 2 rings (SSSR count). The lowest BCUT2D eigenvalue weighted by Crippen LogP contribution is -2.43. The van der Waals surface area contributed by atoms with Gasteiger partial charge in [-0.05, 0) is 32.0 Å². The molecule has 1 aromatic carbocycles. The van der Waals surface area contributed by atoms with E-state index < -0.39 is 29.5 Å². The first-order valence-corrected chi connectivity index (χ1v) is 5.81. The number of carbonyl (C=O) groups is 3. The number of amides is 1. The minimum atomic E-state index is -0.973. The van der Waals surface area contributed by atoms with Crippen LogP contribution in [0.1, 0.15) is 24.2 Å². The number of fused-ring (bicyclic) bond motifs is 1. The van der Waals surface area contributed by atoms with Crippen LogP contribution in [-0.2, 0) is 14.3 Å². The van der Waals surface area contributed by atoms with Crippen molar-refractivity contribution in [3.63, 3.8) is 0 Å². The molecule has 0 saturated heterocycles. The van der Waals surface area contributed by atoms with Crippen molar-refractivity contribution in [2.24, 2.45) is 0 Å². The van der Waals surface area contributed by atoms with Gasteiger partial charge in [-0.3, -0.25) is 14.5 Å². The Hall–Kier alpha value is -2.24. The number of benzene rings is 1. The summed E-state index contributed by atoms with van der Waals surface area (Å²) in [6, 6.07) is 2.43. The topological polar surface area (TPSA) is 63.7 Å². The maximum absolute atomic E-state index is 13.2. The number of hydrogen-bond donors (Lipinski definition) is 0. The molecule has 0 radical (unpaired) electrons. The number of hydrogen-bond acceptors (Lipinski definition) is 4. The Morgan fingerprint density at radius 2 is 2.11 bits per heavy atom. The summed E-state index contributed by atoms with van der Waals surface area (Å²) in [6.07, 6.45) is 0. The van der Waals surface area contributed by atoms with Crippen molar-refractivity contribution < 1.29 is 23.5 Å². The Balaban J connectivity index is 2.42. The van der Waals surface area contributed by atoms with Crippen molar-refractivity contribution in [2.45, 2.75) is 19.9 Å². The number of rotatable bonds is 3. The molecule has 6 heteroatoms. The van der Waals surface area contributed by atoms with Crippen molar-refractivity contribution >= 4 is 23.3 Å². The molecule has 0 aliphatic carbocycles. The summed E-state index contributed by atoms with van der Waals surface area (Å²) in [5.41, 5.74) is 0.207. The highest BCUT2D eigenvalue weighted by Gasteiger charge is 2.41. The Kier molecular flexibility index (Phi) is 3.33. The second kappa shape index (κ2) is 4.79. The van der Waals surface area contributed by atoms with Crippen LogP contribution in [0.3, 0.4) is 0 Å². The molecule has 0 saturated carbocycles. The molecule has 1 unspecified atom stereocenters. The van der Waals surface area contributed by atoms with Gasteiger partial charge in [0.1, 0.15) is 11.9 Å². The summed E-state index contributed by atoms with van der Waals surface area (Å²) < 4.78 is 18.0. The first kappa shape index (κ1) is 13.2. The maximum Gasteiger partial charge on any atom is 0.328 e. The summed E-state index contributed by atoms with van der Waals surface area (Å²) in [5, 5.41) is 0. The van der Waals surface area contributed by atoms with Gasteiger partial charge in [-0.15, -0.1) is 0 Å². The Bertz CT molecular complexity index is 570. The second-order valence-corrected chi connectivity index (χ2v) is 4.09. The van der Waals surface area contributed by atoms with Crippen LogP contribution in [-0.4, -0.2) is 30.3 Å². The summed E-state index contributed by atoms with van der Waals surface area (Å²) in [7, 11) is 0. The highest BCUT2D eigenvalue weighted by Crippen LogP contribution is 2.31. The third kappa shape index (κ3) is 2.09. The number of carbonyl (C=O) groups excluding carboxylic acids is 3. The van der Waals surface area contributed by atoms with Gasteiger partial charge in [0.15, 0.2) is 0 Å². The van der Waals surface area contributed by atoms with Crippen molar-refractivity contribution in [3.05, 3.63) is 29.6 Å². The van der Waals surface area contributed by atoms with Gasteiger partial charge in [0.2, 0.25) is 0 Å². The molecule has 1 aliphatic rings. The predicted octanol–water partition coefficient (Wildman–Crippen LogP) is 1.31. The van der Waals surface area contributed by atoms with Crippen LogP contribution in [0.15, 0.2) is 18.2 Å². The zero-order valence-electron chi connectivity index (χ0n) is 10.5. The Morgan fingerprint density at radius 3 is 2.74 bits per heavy atom. The van der Waals surface area contributed by atoms with E-state index in [4.69, 9.17) is 4.74 Å². The van der Waals surface area contributed by atoms with E-state index in [9.17, 15) is 18.8 Å². The average molecular weight is 265 g/mol. The third-order valence-electron chi connectivity index (χ3n) is 2.89. The third-order valence-corrected chi connectivity index (χ3v) is 2.89. The molecule has 1 aromatic rings. The van der Waals surface area contributed by atoms with Crippen molar-refractivity contribution in [2.75, 3.05) is 11.5 Å². The zero-order valence-corrected chi connectivity index (χ0v) is 10.5. The lowest BCUT2D eigenvalue weighted by atomic mass is 10.1. The van der Waals surface area contributed by atoms with E-state index in [1.54, 1.807) is 6.92 Å². The standard InChI is InChI=1S/C13H12FNO4/c1-3-19-13(18)7(2)15-10-6-8(14)4-5-9(10)11(16)12(15)17/h4-7H,3H2,1-2H3. The summed E-state index contributed by atoms with van der Waals surface area (Å²) in [6.45, 7) is 3.23. The van der Waals surface area contributed by atoms with Gasteiger partial charge in [-0.2, -0.15) is 0 Å². The fourth-order valence-corrected chi connectivity index (χ4v) is 1.98. The summed E-state index contributed by atoms with van der Waals surface area (Å²) in [5.74, 6) is -2.81. The van der Waals surface area contributed by atoms with Crippen LogP contribution in [0.4, 0.5) is 10.1 Å². The predicted molar refractivity (Wildman–Crippen MR) is 64.3 cm³/mol. The van der Waals surface area contributed by atoms with Crippen molar-refractivity contribution in [3.8, 4) is 0 Å². The van der Waals surface area contributed by atoms with Crippen LogP contribution in [0, 0.1) is 5.82 Å². The van der Waals surface area contributed by atoms with Crippen LogP contribution in [0.25, 0.3) is 0 Å². The number of Topliss-reactive ketones (excluding diaryl/α,β-unsaturated/α-hetero) is 1. The van der Waals surface area contributed by atoms with Gasteiger partial charge in [-0.25, -0.2) is 9.18 Å². The van der Waals surface area contributed by atoms with Crippen LogP contribution in [0.5, 0.6) is 0 Å². The van der Waals surface area contributed by atoms with E-state index in [0.29, 0.717) is 0 Å². The van der Waals surface area contributed by atoms with Crippen LogP contribution < -0.4 is 4.90 Å². The monoisotopic (exact) mass is 265 g/mol. The van der Waals surface area contributed by atoms with E-state index >= 15 is 0 Å². The number of nitrogens with zero attached hydrogens (tertiary/aromatic N) is 1. The fourth-order valence-electron chi connectivity index (χ4n) is 1.98. The van der Waals surface area contributed by atoms with Gasteiger partial charge >= 0.3 is 5.97 Å². The molecule has 1 heterocycles. The molecule has 0 bridgehead atoms. The molecule has 0 spiro atoms. The normalized spacial score (nSPS) is 15.4. The molecule has 0 aromatic heterocycles. The summed E-state index contributed by atoms with van der Waals surface area (Å²) in [4.78, 5) is 36.2. The largest absolute Gasteiger partial charge is 0.464 e. The van der Waals surface area contributed by atoms with E-state index in [1.807, 2.05) is 0 Å². The van der Waals surface area contributed by atoms with E-state index in [1.165, 1.54) is 13.0 Å². The molecule has 1 aliphatic heterocycles. The second-order valence-electron chi connectivity index (χ2n) is 4.09. The van der Waals surface area contributed by atoms with Crippen LogP contribution in [0.2, 0.25) is 0 Å². The minimum absolute atomic E-state index is 0.0996. The van der Waals surface area contributed by atoms with Crippen LogP contribution >= 0.6 is 0 Å². The SMILES string of the molecule is CCOC(=O)C(C)N1C(=O)C(=O)c2ccc(F)cc21. The number of esters is 1. The quantitative estimate of drug-likeness (QED) is 0.610. The number of ketones is 1. The van der Waals surface area contributed by atoms with E-state index in [0.717, 1.165) is 17.0 Å². The minimum Gasteiger partial charge on any atom is -0.464 e. The number of halogens is 1. The smallest absolute Gasteiger partial charge is 0.328 e.